The van der Waals surface area contributed by atoms with Crippen LogP contribution in [0.1, 0.15) is 35.2 Å². The number of piperidine rings is 1. The smallest absolute Gasteiger partial charge is 0.254 e. The van der Waals surface area contributed by atoms with Crippen molar-refractivity contribution in [3.63, 3.8) is 0 Å². The molecule has 0 aromatic heterocycles. The topological polar surface area (TPSA) is 83.7 Å². The van der Waals surface area contributed by atoms with E-state index in [0.717, 1.165) is 24.9 Å². The normalized spacial score (nSPS) is 23.0. The van der Waals surface area contributed by atoms with Gasteiger partial charge in [-0.2, -0.15) is 0 Å². The van der Waals surface area contributed by atoms with Gasteiger partial charge < -0.3 is 10.6 Å². The van der Waals surface area contributed by atoms with Gasteiger partial charge in [0.2, 0.25) is 10.0 Å². The molecule has 2 N–H and O–H groups in total. The first-order valence-electron chi connectivity index (χ1n) is 8.04. The van der Waals surface area contributed by atoms with E-state index in [2.05, 4.69) is 0 Å². The van der Waals surface area contributed by atoms with Gasteiger partial charge in [-0.1, -0.05) is 0 Å². The lowest BCUT2D eigenvalue weighted by Gasteiger charge is -2.31. The van der Waals surface area contributed by atoms with Crippen LogP contribution in [0.15, 0.2) is 18.2 Å². The van der Waals surface area contributed by atoms with Crippen LogP contribution in [-0.2, 0) is 10.0 Å². The summed E-state index contributed by atoms with van der Waals surface area (Å²) in [4.78, 5) is 14.5. The number of hydrogen-bond donors (Lipinski definition) is 1. The zero-order chi connectivity index (χ0) is 16.6. The lowest BCUT2D eigenvalue weighted by atomic mass is 10.0. The second-order valence-corrected chi connectivity index (χ2v) is 8.41. The highest BCUT2D eigenvalue weighted by Crippen LogP contribution is 2.27. The number of sulfonamides is 1. The minimum Gasteiger partial charge on any atom is -0.337 e. The van der Waals surface area contributed by atoms with Gasteiger partial charge in [-0.25, -0.2) is 8.42 Å². The number of carbonyl (C=O) groups excluding carboxylic acids is 1. The highest BCUT2D eigenvalue weighted by Gasteiger charge is 2.29. The maximum Gasteiger partial charge on any atom is 0.254 e. The van der Waals surface area contributed by atoms with E-state index in [0.29, 0.717) is 30.8 Å². The Labute approximate surface area is 149 Å². The van der Waals surface area contributed by atoms with Crippen LogP contribution in [0.4, 0.5) is 5.69 Å². The number of benzene rings is 1. The number of anilines is 1. The molecule has 2 heterocycles. The Morgan fingerprint density at radius 3 is 2.58 bits per heavy atom. The Balaban J connectivity index is 0.00000208. The molecule has 1 unspecified atom stereocenters. The quantitative estimate of drug-likeness (QED) is 0.851. The van der Waals surface area contributed by atoms with Crippen LogP contribution < -0.4 is 10.0 Å². The largest absolute Gasteiger partial charge is 0.337 e. The highest BCUT2D eigenvalue weighted by atomic mass is 35.5. The summed E-state index contributed by atoms with van der Waals surface area (Å²) in [5.74, 6) is 0.173. The van der Waals surface area contributed by atoms with Gasteiger partial charge in [0.1, 0.15) is 0 Å². The van der Waals surface area contributed by atoms with Crippen molar-refractivity contribution >= 4 is 34.0 Å². The Morgan fingerprint density at radius 1 is 1.25 bits per heavy atom. The van der Waals surface area contributed by atoms with Crippen LogP contribution in [0.2, 0.25) is 0 Å². The SMILES string of the molecule is Cc1cc(N2CCCS2(=O)=O)ccc1C(=O)N1CCCC(N)C1.Cl. The van der Waals surface area contributed by atoms with Crippen molar-refractivity contribution in [2.45, 2.75) is 32.2 Å². The van der Waals surface area contributed by atoms with E-state index in [4.69, 9.17) is 5.73 Å². The molecule has 1 aromatic carbocycles. The number of nitrogens with two attached hydrogens (primary N) is 1. The summed E-state index contributed by atoms with van der Waals surface area (Å²) in [6.07, 6.45) is 2.53. The molecule has 0 aliphatic carbocycles. The summed E-state index contributed by atoms with van der Waals surface area (Å²) in [5.41, 5.74) is 8.02. The summed E-state index contributed by atoms with van der Waals surface area (Å²) in [7, 11) is -3.20. The third-order valence-electron chi connectivity index (χ3n) is 4.57. The van der Waals surface area contributed by atoms with Gasteiger partial charge in [0.25, 0.3) is 5.91 Å². The number of likely N-dealkylation sites (tertiary alicyclic amines) is 1. The summed E-state index contributed by atoms with van der Waals surface area (Å²) in [6, 6.07) is 5.30. The Kier molecular flexibility index (Phi) is 5.78. The predicted molar refractivity (Wildman–Crippen MR) is 97.3 cm³/mol. The second-order valence-electron chi connectivity index (χ2n) is 6.39. The molecule has 1 amide bonds. The van der Waals surface area contributed by atoms with E-state index in [1.165, 1.54) is 4.31 Å². The Hall–Kier alpha value is -1.31. The molecule has 1 aromatic rings. The molecule has 2 saturated heterocycles. The molecule has 24 heavy (non-hydrogen) atoms. The third kappa shape index (κ3) is 3.68. The first-order valence-corrected chi connectivity index (χ1v) is 9.65. The van der Waals surface area contributed by atoms with E-state index < -0.39 is 10.0 Å². The molecule has 0 saturated carbocycles. The summed E-state index contributed by atoms with van der Waals surface area (Å²) in [6.45, 7) is 3.67. The number of carbonyl (C=O) groups is 1. The minimum absolute atomic E-state index is 0. The fraction of sp³-hybridized carbons (Fsp3) is 0.562. The molecule has 0 spiro atoms. The number of halogens is 1. The van der Waals surface area contributed by atoms with E-state index >= 15 is 0 Å². The molecule has 3 rings (SSSR count). The lowest BCUT2D eigenvalue weighted by molar-refractivity contribution is 0.0708. The standard InChI is InChI=1S/C16H23N3O3S.ClH/c1-12-10-14(19-8-3-9-23(19,21)22)5-6-15(12)16(20)18-7-2-4-13(17)11-18;/h5-6,10,13H,2-4,7-9,11,17H2,1H3;1H. The van der Waals surface area contributed by atoms with Gasteiger partial charge >= 0.3 is 0 Å². The van der Waals surface area contributed by atoms with E-state index in [9.17, 15) is 13.2 Å². The zero-order valence-electron chi connectivity index (χ0n) is 13.8. The van der Waals surface area contributed by atoms with Crippen LogP contribution >= 0.6 is 12.4 Å². The average molecular weight is 374 g/mol. The molecule has 2 fully saturated rings. The van der Waals surface area contributed by atoms with Crippen molar-refractivity contribution in [1.29, 1.82) is 0 Å². The lowest BCUT2D eigenvalue weighted by Crippen LogP contribution is -2.45. The van der Waals surface area contributed by atoms with Crippen molar-refractivity contribution in [1.82, 2.24) is 4.90 Å². The molecule has 0 bridgehead atoms. The van der Waals surface area contributed by atoms with Gasteiger partial charge in [-0.3, -0.25) is 9.10 Å². The van der Waals surface area contributed by atoms with Gasteiger partial charge in [0.15, 0.2) is 0 Å². The fourth-order valence-corrected chi connectivity index (χ4v) is 4.89. The third-order valence-corrected chi connectivity index (χ3v) is 6.44. The van der Waals surface area contributed by atoms with Crippen molar-refractivity contribution in [3.05, 3.63) is 29.3 Å². The molecule has 8 heteroatoms. The summed E-state index contributed by atoms with van der Waals surface area (Å²) < 4.78 is 25.5. The van der Waals surface area contributed by atoms with E-state index in [-0.39, 0.29) is 30.1 Å². The minimum atomic E-state index is -3.20. The maximum atomic E-state index is 12.7. The molecule has 6 nitrogen and oxygen atoms in total. The van der Waals surface area contributed by atoms with Crippen LogP contribution in [-0.4, -0.2) is 50.7 Å². The molecule has 2 aliphatic heterocycles. The maximum absolute atomic E-state index is 12.7. The number of rotatable bonds is 2. The predicted octanol–water partition coefficient (Wildman–Crippen LogP) is 1.52. The average Bonchev–Trinajstić information content (AvgIpc) is 2.86. The monoisotopic (exact) mass is 373 g/mol. The van der Waals surface area contributed by atoms with Crippen molar-refractivity contribution in [2.75, 3.05) is 29.7 Å². The molecule has 2 aliphatic rings. The van der Waals surface area contributed by atoms with E-state index in [1.54, 1.807) is 23.1 Å². The Morgan fingerprint density at radius 2 is 2.00 bits per heavy atom. The zero-order valence-corrected chi connectivity index (χ0v) is 15.4. The van der Waals surface area contributed by atoms with Crippen LogP contribution in [0.25, 0.3) is 0 Å². The molecule has 1 atom stereocenters. The molecular formula is C16H24ClN3O3S. The fourth-order valence-electron chi connectivity index (χ4n) is 3.34. The van der Waals surface area contributed by atoms with Crippen LogP contribution in [0.3, 0.4) is 0 Å². The first kappa shape index (κ1) is 19.0. The number of hydrogen-bond acceptors (Lipinski definition) is 4. The molecule has 0 radical (unpaired) electrons. The summed E-state index contributed by atoms with van der Waals surface area (Å²) >= 11 is 0. The van der Waals surface area contributed by atoms with E-state index in [1.807, 2.05) is 6.92 Å². The van der Waals surface area contributed by atoms with Crippen molar-refractivity contribution in [3.8, 4) is 0 Å². The van der Waals surface area contributed by atoms with Crippen LogP contribution in [0, 0.1) is 6.92 Å². The Bertz CT molecular complexity index is 723. The first-order chi connectivity index (χ1) is 10.9. The van der Waals surface area contributed by atoms with Crippen molar-refractivity contribution < 1.29 is 13.2 Å². The van der Waals surface area contributed by atoms with Gasteiger partial charge in [-0.05, 0) is 49.9 Å². The highest BCUT2D eigenvalue weighted by molar-refractivity contribution is 7.93. The number of aryl methyl sites for hydroxylation is 1. The molecule has 134 valence electrons. The molecular weight excluding hydrogens is 350 g/mol. The van der Waals surface area contributed by atoms with Gasteiger partial charge in [-0.15, -0.1) is 12.4 Å². The van der Waals surface area contributed by atoms with Crippen LogP contribution in [0.5, 0.6) is 0 Å². The van der Waals surface area contributed by atoms with Gasteiger partial charge in [0.05, 0.1) is 11.4 Å². The number of nitrogens with zero attached hydrogens (tertiary/aromatic N) is 2. The summed E-state index contributed by atoms with van der Waals surface area (Å²) in [5, 5.41) is 0. The van der Waals surface area contributed by atoms with Gasteiger partial charge in [0, 0.05) is 31.2 Å². The van der Waals surface area contributed by atoms with Crippen molar-refractivity contribution in [2.24, 2.45) is 5.73 Å². The second kappa shape index (κ2) is 7.29. The number of amides is 1.